The molecule has 1 atom stereocenters. The lowest BCUT2D eigenvalue weighted by molar-refractivity contribution is -0.132. The summed E-state index contributed by atoms with van der Waals surface area (Å²) in [4.78, 5) is 38.0. The van der Waals surface area contributed by atoms with Gasteiger partial charge in [0, 0.05) is 11.2 Å². The molecular weight excluding hydrogens is 560 g/mol. The van der Waals surface area contributed by atoms with E-state index in [1.165, 1.54) is 16.2 Å². The third kappa shape index (κ3) is 4.85. The average molecular weight is 587 g/mol. The molecule has 1 aliphatic heterocycles. The number of benzene rings is 2. The van der Waals surface area contributed by atoms with Crippen molar-refractivity contribution < 1.29 is 19.4 Å². The van der Waals surface area contributed by atoms with E-state index in [0.29, 0.717) is 56.5 Å². The molecule has 0 radical (unpaired) electrons. The van der Waals surface area contributed by atoms with Crippen LogP contribution >= 0.6 is 22.9 Å². The van der Waals surface area contributed by atoms with Crippen LogP contribution in [0.15, 0.2) is 72.4 Å². The van der Waals surface area contributed by atoms with Crippen molar-refractivity contribution in [3.63, 3.8) is 0 Å². The first-order chi connectivity index (χ1) is 19.7. The minimum Gasteiger partial charge on any atom is -0.505 e. The number of imidazole rings is 1. The minimum absolute atomic E-state index is 0.0413. The number of ketones is 1. The maximum absolute atomic E-state index is 13.7. The molecule has 208 valence electrons. The van der Waals surface area contributed by atoms with Gasteiger partial charge in [0.15, 0.2) is 10.9 Å². The second kappa shape index (κ2) is 10.6. The molecule has 1 amide bonds. The number of fused-ring (bicyclic) bond motifs is 2. The van der Waals surface area contributed by atoms with Gasteiger partial charge in [-0.2, -0.15) is 0 Å². The third-order valence-corrected chi connectivity index (χ3v) is 8.31. The molecule has 1 aliphatic rings. The van der Waals surface area contributed by atoms with E-state index in [1.54, 1.807) is 35.7 Å². The van der Waals surface area contributed by atoms with Crippen molar-refractivity contribution in [1.29, 1.82) is 0 Å². The number of nitrogens with zero attached hydrogens (tertiary/aromatic N) is 4. The number of halogens is 1. The van der Waals surface area contributed by atoms with E-state index < -0.39 is 17.7 Å². The fourth-order valence-corrected chi connectivity index (χ4v) is 6.32. The number of ether oxygens (including phenoxy) is 1. The zero-order valence-corrected chi connectivity index (χ0v) is 24.2. The van der Waals surface area contributed by atoms with Crippen LogP contribution in [0.3, 0.4) is 0 Å². The Morgan fingerprint density at radius 1 is 1.10 bits per heavy atom. The van der Waals surface area contributed by atoms with Crippen LogP contribution in [0.2, 0.25) is 5.02 Å². The lowest BCUT2D eigenvalue weighted by Gasteiger charge is -2.23. The number of carbonyl (C=O) groups excluding carboxylic acids is 2. The van der Waals surface area contributed by atoms with Crippen LogP contribution in [0.25, 0.3) is 21.6 Å². The normalized spacial score (nSPS) is 16.9. The number of aromatic nitrogens is 3. The number of aryl methyl sites for hydroxylation is 1. The highest BCUT2D eigenvalue weighted by Gasteiger charge is 2.48. The zero-order valence-electron chi connectivity index (χ0n) is 22.7. The Morgan fingerprint density at radius 3 is 2.73 bits per heavy atom. The second-order valence-corrected chi connectivity index (χ2v) is 11.8. The van der Waals surface area contributed by atoms with Gasteiger partial charge in [0.1, 0.15) is 17.1 Å². The summed E-state index contributed by atoms with van der Waals surface area (Å²) < 4.78 is 8.49. The Balaban J connectivity index is 1.54. The summed E-state index contributed by atoms with van der Waals surface area (Å²) in [7, 11) is 0. The summed E-state index contributed by atoms with van der Waals surface area (Å²) in [5, 5.41) is 12.6. The number of aliphatic hydroxyl groups is 1. The van der Waals surface area contributed by atoms with E-state index in [1.807, 2.05) is 42.5 Å². The highest BCUT2D eigenvalue weighted by molar-refractivity contribution is 7.22. The summed E-state index contributed by atoms with van der Waals surface area (Å²) in [6.07, 6.45) is 2.64. The van der Waals surface area contributed by atoms with Crippen LogP contribution in [0.5, 0.6) is 5.75 Å². The quantitative estimate of drug-likeness (QED) is 0.126. The Kier molecular flexibility index (Phi) is 7.01. The largest absolute Gasteiger partial charge is 0.505 e. The second-order valence-electron chi connectivity index (χ2n) is 10.4. The van der Waals surface area contributed by atoms with Crippen LogP contribution in [-0.2, 0) is 9.59 Å². The molecule has 0 bridgehead atoms. The Labute approximate surface area is 245 Å². The number of carbonyl (C=O) groups is 2. The summed E-state index contributed by atoms with van der Waals surface area (Å²) >= 11 is 7.46. The maximum atomic E-state index is 13.7. The van der Waals surface area contributed by atoms with Gasteiger partial charge in [0.25, 0.3) is 5.78 Å². The topological polar surface area (TPSA) is 97.0 Å². The van der Waals surface area contributed by atoms with Crippen molar-refractivity contribution in [3.05, 3.63) is 94.4 Å². The van der Waals surface area contributed by atoms with Crippen molar-refractivity contribution in [2.24, 2.45) is 5.92 Å². The molecule has 0 spiro atoms. The first-order valence-corrected chi connectivity index (χ1v) is 14.5. The molecule has 0 saturated carbocycles. The minimum atomic E-state index is -0.951. The van der Waals surface area contributed by atoms with Gasteiger partial charge in [-0.15, -0.1) is 0 Å². The Morgan fingerprint density at radius 2 is 1.93 bits per heavy atom. The average Bonchev–Trinajstić information content (AvgIpc) is 3.58. The van der Waals surface area contributed by atoms with Crippen molar-refractivity contribution in [2.45, 2.75) is 33.2 Å². The smallest absolute Gasteiger partial charge is 0.301 e. The molecule has 41 heavy (non-hydrogen) atoms. The molecule has 3 aromatic heterocycles. The molecule has 5 aromatic rings. The summed E-state index contributed by atoms with van der Waals surface area (Å²) in [5.41, 5.74) is 2.71. The number of Topliss-reactive ketones (excluding diaryl/α,β-unsaturated/α-hetero) is 1. The van der Waals surface area contributed by atoms with Crippen molar-refractivity contribution in [1.82, 2.24) is 14.4 Å². The van der Waals surface area contributed by atoms with Gasteiger partial charge in [-0.3, -0.25) is 18.9 Å². The van der Waals surface area contributed by atoms with Crippen LogP contribution in [-0.4, -0.2) is 37.8 Å². The molecular formula is C31H27ClN4O4S. The zero-order chi connectivity index (χ0) is 28.8. The standard InChI is InChI=1S/C31H27ClN4O4S/c1-17(2)12-14-40-21-8-6-7-19(15-21)27-25(28(37)26-18(3)33-24-9-4-5-13-35(24)26)29(38)30(39)36(27)31-34-22-11-10-20(32)16-23(22)41-31/h4-11,13,15-17,27,37H,12,14H2,1-3H3/b28-25+. The number of hydrogen-bond acceptors (Lipinski definition) is 7. The first-order valence-electron chi connectivity index (χ1n) is 13.3. The highest BCUT2D eigenvalue weighted by Crippen LogP contribution is 2.45. The van der Waals surface area contributed by atoms with Crippen LogP contribution in [0.1, 0.15) is 43.3 Å². The predicted octanol–water partition coefficient (Wildman–Crippen LogP) is 6.96. The number of anilines is 1. The van der Waals surface area contributed by atoms with Crippen molar-refractivity contribution in [3.8, 4) is 5.75 Å². The molecule has 1 N–H and O–H groups in total. The molecule has 2 aromatic carbocycles. The number of rotatable bonds is 7. The Hall–Kier alpha value is -4.21. The molecule has 0 aliphatic carbocycles. The molecule has 1 fully saturated rings. The third-order valence-electron chi connectivity index (χ3n) is 7.06. The van der Waals surface area contributed by atoms with E-state index >= 15 is 0 Å². The van der Waals surface area contributed by atoms with Gasteiger partial charge < -0.3 is 9.84 Å². The van der Waals surface area contributed by atoms with Gasteiger partial charge in [0.05, 0.1) is 34.1 Å². The summed E-state index contributed by atoms with van der Waals surface area (Å²) in [5.74, 6) is -0.801. The van der Waals surface area contributed by atoms with Gasteiger partial charge in [-0.05, 0) is 67.3 Å². The van der Waals surface area contributed by atoms with Crippen LogP contribution < -0.4 is 9.64 Å². The predicted molar refractivity (Wildman–Crippen MR) is 161 cm³/mol. The maximum Gasteiger partial charge on any atom is 0.301 e. The lowest BCUT2D eigenvalue weighted by atomic mass is 9.96. The van der Waals surface area contributed by atoms with Crippen molar-refractivity contribution in [2.75, 3.05) is 11.5 Å². The van der Waals surface area contributed by atoms with Crippen LogP contribution in [0, 0.1) is 12.8 Å². The number of hydrogen-bond donors (Lipinski definition) is 1. The number of pyridine rings is 1. The number of amides is 1. The van der Waals surface area contributed by atoms with E-state index in [2.05, 4.69) is 23.8 Å². The van der Waals surface area contributed by atoms with Gasteiger partial charge in [-0.1, -0.05) is 55.0 Å². The fourth-order valence-electron chi connectivity index (χ4n) is 5.05. The van der Waals surface area contributed by atoms with Crippen LogP contribution in [0.4, 0.5) is 5.13 Å². The Bertz CT molecular complexity index is 1860. The van der Waals surface area contributed by atoms with Crippen molar-refractivity contribution >= 4 is 61.4 Å². The van der Waals surface area contributed by atoms with E-state index in [0.717, 1.165) is 11.1 Å². The lowest BCUT2D eigenvalue weighted by Crippen LogP contribution is -2.29. The monoisotopic (exact) mass is 586 g/mol. The first kappa shape index (κ1) is 27.0. The molecule has 1 unspecified atom stereocenters. The van der Waals surface area contributed by atoms with E-state index in [4.69, 9.17) is 16.3 Å². The molecule has 1 saturated heterocycles. The van der Waals surface area contributed by atoms with Gasteiger partial charge >= 0.3 is 5.91 Å². The summed E-state index contributed by atoms with van der Waals surface area (Å²) in [6.45, 7) is 6.54. The fraction of sp³-hybridized carbons (Fsp3) is 0.226. The van der Waals surface area contributed by atoms with E-state index in [-0.39, 0.29) is 11.3 Å². The molecule has 6 rings (SSSR count). The SMILES string of the molecule is Cc1nc2ccccn2c1/C(O)=C1\C(=O)C(=O)N(c2nc3ccc(Cl)cc3s2)C1c1cccc(OCCC(C)C)c1. The molecule has 10 heteroatoms. The number of thiazole rings is 1. The molecule has 4 heterocycles. The number of aliphatic hydroxyl groups excluding tert-OH is 1. The van der Waals surface area contributed by atoms with E-state index in [9.17, 15) is 14.7 Å². The van der Waals surface area contributed by atoms with Gasteiger partial charge in [-0.25, -0.2) is 9.97 Å². The molecule has 8 nitrogen and oxygen atoms in total. The van der Waals surface area contributed by atoms with Gasteiger partial charge in [0.2, 0.25) is 0 Å². The summed E-state index contributed by atoms with van der Waals surface area (Å²) in [6, 6.07) is 17.1. The highest BCUT2D eigenvalue weighted by atomic mass is 35.5.